The molecule has 20 heavy (non-hydrogen) atoms. The third-order valence-corrected chi connectivity index (χ3v) is 2.58. The molecule has 112 valence electrons. The smallest absolute Gasteiger partial charge is 0.433 e. The molecule has 2 N–H and O–H groups in total. The molecule has 0 aliphatic heterocycles. The summed E-state index contributed by atoms with van der Waals surface area (Å²) in [4.78, 5) is 14.3. The van der Waals surface area contributed by atoms with Crippen molar-refractivity contribution in [2.75, 3.05) is 11.9 Å². The van der Waals surface area contributed by atoms with Gasteiger partial charge in [-0.1, -0.05) is 20.8 Å². The van der Waals surface area contributed by atoms with Crippen molar-refractivity contribution < 1.29 is 23.1 Å². The van der Waals surface area contributed by atoms with Crippen molar-refractivity contribution in [3.8, 4) is 0 Å². The predicted octanol–water partition coefficient (Wildman–Crippen LogP) is 3.65. The first kappa shape index (κ1) is 16.3. The van der Waals surface area contributed by atoms with Gasteiger partial charge in [0.25, 0.3) is 0 Å². The second-order valence-electron chi connectivity index (χ2n) is 5.63. The van der Waals surface area contributed by atoms with E-state index in [1.165, 1.54) is 0 Å². The van der Waals surface area contributed by atoms with E-state index in [0.29, 0.717) is 19.0 Å². The fraction of sp³-hybridized carbons (Fsp3) is 0.538. The van der Waals surface area contributed by atoms with E-state index >= 15 is 0 Å². The number of nitrogens with one attached hydrogen (secondary N) is 1. The Bertz CT molecular complexity index is 493. The van der Waals surface area contributed by atoms with Crippen LogP contribution < -0.4 is 5.32 Å². The number of carboxylic acids is 1. The van der Waals surface area contributed by atoms with Gasteiger partial charge in [-0.15, -0.1) is 0 Å². The number of aromatic carboxylic acids is 1. The van der Waals surface area contributed by atoms with Gasteiger partial charge < -0.3 is 10.4 Å². The van der Waals surface area contributed by atoms with Gasteiger partial charge in [-0.2, -0.15) is 13.2 Å². The second kappa shape index (κ2) is 5.68. The van der Waals surface area contributed by atoms with Gasteiger partial charge in [-0.3, -0.25) is 0 Å². The molecule has 0 fully saturated rings. The minimum Gasteiger partial charge on any atom is -0.478 e. The van der Waals surface area contributed by atoms with Crippen molar-refractivity contribution in [3.05, 3.63) is 23.4 Å². The number of alkyl halides is 3. The third-order valence-electron chi connectivity index (χ3n) is 2.58. The van der Waals surface area contributed by atoms with Crippen LogP contribution in [0.2, 0.25) is 0 Å². The Labute approximate surface area is 115 Å². The molecule has 0 spiro atoms. The lowest BCUT2D eigenvalue weighted by atomic mass is 9.92. The van der Waals surface area contributed by atoms with E-state index in [-0.39, 0.29) is 16.8 Å². The maximum atomic E-state index is 12.6. The summed E-state index contributed by atoms with van der Waals surface area (Å²) in [6.07, 6.45) is -3.93. The molecule has 1 heterocycles. The summed E-state index contributed by atoms with van der Waals surface area (Å²) < 4.78 is 37.7. The molecule has 7 heteroatoms. The van der Waals surface area contributed by atoms with E-state index in [4.69, 9.17) is 5.11 Å². The first-order chi connectivity index (χ1) is 9.00. The van der Waals surface area contributed by atoms with Gasteiger partial charge in [0.1, 0.15) is 17.1 Å². The Kier molecular flexibility index (Phi) is 4.62. The zero-order valence-corrected chi connectivity index (χ0v) is 11.5. The van der Waals surface area contributed by atoms with Crippen LogP contribution in [0.15, 0.2) is 12.1 Å². The zero-order chi connectivity index (χ0) is 15.6. The molecule has 0 unspecified atom stereocenters. The Hall–Kier alpha value is -1.79. The number of halogens is 3. The van der Waals surface area contributed by atoms with Crippen molar-refractivity contribution in [2.24, 2.45) is 5.41 Å². The van der Waals surface area contributed by atoms with Gasteiger partial charge in [0.05, 0.1) is 0 Å². The lowest BCUT2D eigenvalue weighted by Gasteiger charge is -2.19. The van der Waals surface area contributed by atoms with Crippen LogP contribution in [0.1, 0.15) is 43.2 Å². The summed E-state index contributed by atoms with van der Waals surface area (Å²) in [6, 6.07) is 1.58. The largest absolute Gasteiger partial charge is 0.478 e. The van der Waals surface area contributed by atoms with Crippen LogP contribution in [0.4, 0.5) is 19.0 Å². The van der Waals surface area contributed by atoms with Gasteiger partial charge in [0.15, 0.2) is 0 Å². The molecule has 1 aromatic rings. The maximum absolute atomic E-state index is 12.6. The zero-order valence-electron chi connectivity index (χ0n) is 11.5. The molecule has 0 aliphatic rings. The van der Waals surface area contributed by atoms with E-state index in [2.05, 4.69) is 10.3 Å². The average Bonchev–Trinajstić information content (AvgIpc) is 2.25. The molecule has 1 rings (SSSR count). The first-order valence-electron chi connectivity index (χ1n) is 6.06. The Morgan fingerprint density at radius 2 is 1.90 bits per heavy atom. The molecule has 0 aromatic carbocycles. The summed E-state index contributed by atoms with van der Waals surface area (Å²) in [5, 5.41) is 11.6. The van der Waals surface area contributed by atoms with Crippen molar-refractivity contribution in [1.29, 1.82) is 0 Å². The molecule has 0 saturated carbocycles. The van der Waals surface area contributed by atoms with Crippen molar-refractivity contribution >= 4 is 11.8 Å². The number of carboxylic acid groups (broad SMARTS) is 1. The predicted molar refractivity (Wildman–Crippen MR) is 68.8 cm³/mol. The maximum Gasteiger partial charge on any atom is 0.433 e. The molecule has 0 aliphatic carbocycles. The number of rotatable bonds is 4. The average molecular weight is 290 g/mol. The molecule has 0 bridgehead atoms. The van der Waals surface area contributed by atoms with E-state index in [1.807, 2.05) is 20.8 Å². The van der Waals surface area contributed by atoms with Crippen LogP contribution in [-0.4, -0.2) is 22.6 Å². The molecule has 0 radical (unpaired) electrons. The van der Waals surface area contributed by atoms with E-state index in [9.17, 15) is 18.0 Å². The van der Waals surface area contributed by atoms with E-state index < -0.39 is 17.8 Å². The van der Waals surface area contributed by atoms with Gasteiger partial charge in [0.2, 0.25) is 0 Å². The quantitative estimate of drug-likeness (QED) is 0.888. The van der Waals surface area contributed by atoms with Gasteiger partial charge >= 0.3 is 12.1 Å². The highest BCUT2D eigenvalue weighted by Gasteiger charge is 2.33. The molecule has 0 atom stereocenters. The molecule has 1 aromatic heterocycles. The molecule has 0 saturated heterocycles. The molecule has 0 amide bonds. The number of anilines is 1. The van der Waals surface area contributed by atoms with Crippen LogP contribution in [0, 0.1) is 5.41 Å². The van der Waals surface area contributed by atoms with Crippen LogP contribution in [0.25, 0.3) is 0 Å². The lowest BCUT2D eigenvalue weighted by molar-refractivity contribution is -0.141. The summed E-state index contributed by atoms with van der Waals surface area (Å²) >= 11 is 0. The third kappa shape index (κ3) is 4.71. The minimum atomic E-state index is -4.60. The van der Waals surface area contributed by atoms with Crippen molar-refractivity contribution in [1.82, 2.24) is 4.98 Å². The SMILES string of the molecule is CC(C)(C)CCNc1nc(C(F)(F)F)ccc1C(=O)O. The lowest BCUT2D eigenvalue weighted by Crippen LogP contribution is -2.17. The van der Waals surface area contributed by atoms with Gasteiger partial charge in [0, 0.05) is 6.54 Å². The number of hydrogen-bond donors (Lipinski definition) is 2. The first-order valence-corrected chi connectivity index (χ1v) is 6.06. The number of carbonyl (C=O) groups is 1. The number of hydrogen-bond acceptors (Lipinski definition) is 3. The van der Waals surface area contributed by atoms with Gasteiger partial charge in [-0.25, -0.2) is 9.78 Å². The standard InChI is InChI=1S/C13H17F3N2O2/c1-12(2,3)6-7-17-10-8(11(19)20)4-5-9(18-10)13(14,15)16/h4-5H,6-7H2,1-3H3,(H,17,18)(H,19,20). The van der Waals surface area contributed by atoms with Crippen molar-refractivity contribution in [2.45, 2.75) is 33.4 Å². The van der Waals surface area contributed by atoms with Crippen molar-refractivity contribution in [3.63, 3.8) is 0 Å². The highest BCUT2D eigenvalue weighted by molar-refractivity contribution is 5.93. The molecular formula is C13H17F3N2O2. The van der Waals surface area contributed by atoms with Crippen LogP contribution in [0.3, 0.4) is 0 Å². The molecular weight excluding hydrogens is 273 g/mol. The number of pyridine rings is 1. The van der Waals surface area contributed by atoms with Gasteiger partial charge in [-0.05, 0) is 24.0 Å². The van der Waals surface area contributed by atoms with E-state index in [1.54, 1.807) is 0 Å². The Balaban J connectivity index is 2.98. The minimum absolute atomic E-state index is 0.0158. The normalized spacial score (nSPS) is 12.3. The fourth-order valence-corrected chi connectivity index (χ4v) is 1.48. The Morgan fingerprint density at radius 1 is 1.30 bits per heavy atom. The number of nitrogens with zero attached hydrogens (tertiary/aromatic N) is 1. The van der Waals surface area contributed by atoms with Crippen LogP contribution in [-0.2, 0) is 6.18 Å². The highest BCUT2D eigenvalue weighted by Crippen LogP contribution is 2.29. The highest BCUT2D eigenvalue weighted by atomic mass is 19.4. The van der Waals surface area contributed by atoms with Crippen LogP contribution >= 0.6 is 0 Å². The summed E-state index contributed by atoms with van der Waals surface area (Å²) in [5.74, 6) is -1.57. The molecule has 4 nitrogen and oxygen atoms in total. The summed E-state index contributed by atoms with van der Waals surface area (Å²) in [5.41, 5.74) is -1.40. The van der Waals surface area contributed by atoms with Crippen LogP contribution in [0.5, 0.6) is 0 Å². The topological polar surface area (TPSA) is 62.2 Å². The summed E-state index contributed by atoms with van der Waals surface area (Å²) in [6.45, 7) is 6.28. The second-order valence-corrected chi connectivity index (χ2v) is 5.63. The van der Waals surface area contributed by atoms with E-state index in [0.717, 1.165) is 6.07 Å². The Morgan fingerprint density at radius 3 is 2.35 bits per heavy atom. The monoisotopic (exact) mass is 290 g/mol. The summed E-state index contributed by atoms with van der Waals surface area (Å²) in [7, 11) is 0. The number of aromatic nitrogens is 1. The fourth-order valence-electron chi connectivity index (χ4n) is 1.48.